The van der Waals surface area contributed by atoms with Crippen LogP contribution in [-0.2, 0) is 4.79 Å². The summed E-state index contributed by atoms with van der Waals surface area (Å²) in [7, 11) is 0. The molecule has 0 heterocycles. The molecule has 5 nitrogen and oxygen atoms in total. The van der Waals surface area contributed by atoms with Crippen LogP contribution in [0.15, 0.2) is 24.3 Å². The van der Waals surface area contributed by atoms with Crippen LogP contribution in [0.5, 0.6) is 0 Å². The van der Waals surface area contributed by atoms with Crippen LogP contribution in [0.25, 0.3) is 0 Å². The van der Waals surface area contributed by atoms with Crippen molar-refractivity contribution in [3.63, 3.8) is 0 Å². The van der Waals surface area contributed by atoms with Gasteiger partial charge in [0.15, 0.2) is 5.78 Å². The molecule has 3 N–H and O–H groups in total. The molecule has 0 fully saturated rings. The summed E-state index contributed by atoms with van der Waals surface area (Å²) in [5, 5.41) is 13.4. The highest BCUT2D eigenvalue weighted by Crippen LogP contribution is 2.11. The molecule has 122 valence electrons. The lowest BCUT2D eigenvalue weighted by atomic mass is 10.0. The van der Waals surface area contributed by atoms with E-state index < -0.39 is 12.0 Å². The molecule has 6 heteroatoms. The van der Waals surface area contributed by atoms with E-state index in [0.717, 1.165) is 19.6 Å². The molecule has 0 saturated carbocycles. The smallest absolute Gasteiger partial charge is 0.169 e. The van der Waals surface area contributed by atoms with Gasteiger partial charge in [0.25, 0.3) is 0 Å². The minimum Gasteiger partial charge on any atom is -0.544 e. The Morgan fingerprint density at radius 3 is 2.32 bits per heavy atom. The molecular weight excluding hydrogens is 304 g/mol. The molecule has 1 atom stereocenters. The van der Waals surface area contributed by atoms with Crippen LogP contribution >= 0.6 is 11.6 Å². The van der Waals surface area contributed by atoms with Crippen LogP contribution in [-0.4, -0.2) is 44.0 Å². The van der Waals surface area contributed by atoms with E-state index in [9.17, 15) is 14.7 Å². The van der Waals surface area contributed by atoms with Gasteiger partial charge in [-0.3, -0.25) is 4.79 Å². The molecule has 0 aromatic heterocycles. The second-order valence-corrected chi connectivity index (χ2v) is 5.73. The van der Waals surface area contributed by atoms with E-state index in [1.54, 1.807) is 29.6 Å². The molecule has 0 spiro atoms. The first-order valence-corrected chi connectivity index (χ1v) is 8.02. The Morgan fingerprint density at radius 2 is 1.82 bits per heavy atom. The molecule has 0 aliphatic rings. The van der Waals surface area contributed by atoms with Gasteiger partial charge in [0.1, 0.15) is 19.1 Å². The topological polar surface area (TPSA) is 78.2 Å². The van der Waals surface area contributed by atoms with Crippen LogP contribution in [0.2, 0.25) is 5.02 Å². The number of nitrogens with two attached hydrogens (primary N) is 1. The summed E-state index contributed by atoms with van der Waals surface area (Å²) in [5.74, 6) is -1.41. The van der Waals surface area contributed by atoms with Gasteiger partial charge in [-0.25, -0.2) is 0 Å². The molecule has 1 aromatic rings. The molecule has 0 bridgehead atoms. The van der Waals surface area contributed by atoms with Crippen LogP contribution in [0.4, 0.5) is 0 Å². The predicted octanol–water partition coefficient (Wildman–Crippen LogP) is -1.48. The van der Waals surface area contributed by atoms with Crippen molar-refractivity contribution < 1.29 is 24.9 Å². The third-order valence-electron chi connectivity index (χ3n) is 3.82. The molecule has 0 saturated heterocycles. The fraction of sp³-hybridized carbons (Fsp3) is 0.500. The van der Waals surface area contributed by atoms with Crippen molar-refractivity contribution in [3.8, 4) is 0 Å². The SMILES string of the molecule is CC[NH+](CC)CC[NH2+][C@H](CC(=O)c1ccc(Cl)cc1)C(=O)[O-]. The lowest BCUT2D eigenvalue weighted by Crippen LogP contribution is -3.14. The number of carboxylic acid groups (broad SMARTS) is 1. The van der Waals surface area contributed by atoms with E-state index in [2.05, 4.69) is 13.8 Å². The highest BCUT2D eigenvalue weighted by Gasteiger charge is 2.20. The number of rotatable bonds is 10. The van der Waals surface area contributed by atoms with Gasteiger partial charge in [-0.1, -0.05) is 11.6 Å². The summed E-state index contributed by atoms with van der Waals surface area (Å²) < 4.78 is 0. The average molecular weight is 328 g/mol. The number of carboxylic acids is 1. The van der Waals surface area contributed by atoms with Gasteiger partial charge in [0, 0.05) is 10.6 Å². The average Bonchev–Trinajstić information content (AvgIpc) is 2.50. The Morgan fingerprint density at radius 1 is 1.23 bits per heavy atom. The third kappa shape index (κ3) is 6.13. The van der Waals surface area contributed by atoms with Crippen molar-refractivity contribution in [2.24, 2.45) is 0 Å². The minimum absolute atomic E-state index is 0.0719. The molecule has 0 unspecified atom stereocenters. The molecule has 0 aliphatic heterocycles. The van der Waals surface area contributed by atoms with Gasteiger partial charge >= 0.3 is 0 Å². The Hall–Kier alpha value is -1.43. The van der Waals surface area contributed by atoms with Gasteiger partial charge < -0.3 is 20.1 Å². The zero-order valence-corrected chi connectivity index (χ0v) is 13.9. The Kier molecular flexibility index (Phi) is 8.09. The largest absolute Gasteiger partial charge is 0.544 e. The van der Waals surface area contributed by atoms with Crippen molar-refractivity contribution in [1.29, 1.82) is 0 Å². The zero-order valence-electron chi connectivity index (χ0n) is 13.1. The van der Waals surface area contributed by atoms with Crippen LogP contribution in [0.3, 0.4) is 0 Å². The molecule has 1 aromatic carbocycles. The number of ketones is 1. The highest BCUT2D eigenvalue weighted by atomic mass is 35.5. The van der Waals surface area contributed by atoms with E-state index in [-0.39, 0.29) is 12.2 Å². The maximum absolute atomic E-state index is 12.1. The van der Waals surface area contributed by atoms with Crippen molar-refractivity contribution in [2.75, 3.05) is 26.2 Å². The van der Waals surface area contributed by atoms with Crippen molar-refractivity contribution in [2.45, 2.75) is 26.3 Å². The molecule has 22 heavy (non-hydrogen) atoms. The maximum atomic E-state index is 12.1. The summed E-state index contributed by atoms with van der Waals surface area (Å²) in [6.45, 7) is 7.72. The fourth-order valence-electron chi connectivity index (χ4n) is 2.31. The molecule has 0 radical (unpaired) electrons. The monoisotopic (exact) mass is 327 g/mol. The number of hydrogen-bond donors (Lipinski definition) is 2. The lowest BCUT2D eigenvalue weighted by Gasteiger charge is -2.18. The first-order chi connectivity index (χ1) is 10.5. The third-order valence-corrected chi connectivity index (χ3v) is 4.08. The molecule has 0 aliphatic carbocycles. The zero-order chi connectivity index (χ0) is 16.5. The quantitative estimate of drug-likeness (QED) is 0.515. The summed E-state index contributed by atoms with van der Waals surface area (Å²) in [6.07, 6.45) is -0.0719. The second kappa shape index (κ2) is 9.56. The Labute approximate surface area is 136 Å². The molecule has 1 rings (SSSR count). The van der Waals surface area contributed by atoms with Gasteiger partial charge in [-0.15, -0.1) is 0 Å². The normalized spacial score (nSPS) is 12.4. The molecule has 0 amide bonds. The van der Waals surface area contributed by atoms with Crippen molar-refractivity contribution >= 4 is 23.4 Å². The Balaban J connectivity index is 2.55. The van der Waals surface area contributed by atoms with E-state index >= 15 is 0 Å². The van der Waals surface area contributed by atoms with Gasteiger partial charge in [-0.2, -0.15) is 0 Å². The lowest BCUT2D eigenvalue weighted by molar-refractivity contribution is -0.910. The second-order valence-electron chi connectivity index (χ2n) is 5.29. The van der Waals surface area contributed by atoms with E-state index in [4.69, 9.17) is 11.6 Å². The standard InChI is InChI=1S/C16H23ClN2O3/c1-3-19(4-2)10-9-18-14(16(21)22)11-15(20)12-5-7-13(17)8-6-12/h5-8,14,18H,3-4,9-11H2,1-2H3,(H,21,22)/p+1/t14-/m1/s1. The number of hydrogen-bond acceptors (Lipinski definition) is 3. The van der Waals surface area contributed by atoms with E-state index in [1.165, 1.54) is 4.90 Å². The van der Waals surface area contributed by atoms with Gasteiger partial charge in [0.2, 0.25) is 0 Å². The number of benzene rings is 1. The van der Waals surface area contributed by atoms with Crippen LogP contribution < -0.4 is 15.3 Å². The summed E-state index contributed by atoms with van der Waals surface area (Å²) >= 11 is 5.77. The number of likely N-dealkylation sites (N-methyl/N-ethyl adjacent to an activating group) is 1. The van der Waals surface area contributed by atoms with E-state index in [1.807, 2.05) is 0 Å². The summed E-state index contributed by atoms with van der Waals surface area (Å²) in [4.78, 5) is 24.7. The number of aliphatic carboxylic acids is 1. The number of Topliss-reactive ketones (excluding diaryl/α,β-unsaturated/α-hetero) is 1. The number of carbonyl (C=O) groups excluding carboxylic acids is 2. The predicted molar refractivity (Wildman–Crippen MR) is 82.9 cm³/mol. The maximum Gasteiger partial charge on any atom is 0.169 e. The molecular formula is C16H24ClN2O3+. The number of carbonyl (C=O) groups is 2. The van der Waals surface area contributed by atoms with Crippen molar-refractivity contribution in [3.05, 3.63) is 34.9 Å². The van der Waals surface area contributed by atoms with E-state index in [0.29, 0.717) is 17.1 Å². The van der Waals surface area contributed by atoms with Crippen LogP contribution in [0, 0.1) is 0 Å². The summed E-state index contributed by atoms with van der Waals surface area (Å²) in [6, 6.07) is 5.61. The number of halogens is 1. The van der Waals surface area contributed by atoms with Crippen molar-refractivity contribution in [1.82, 2.24) is 0 Å². The Bertz CT molecular complexity index is 487. The minimum atomic E-state index is -1.20. The first-order valence-electron chi connectivity index (χ1n) is 7.64. The first kappa shape index (κ1) is 18.6. The van der Waals surface area contributed by atoms with Crippen LogP contribution in [0.1, 0.15) is 30.6 Å². The van der Waals surface area contributed by atoms with Gasteiger partial charge in [0.05, 0.1) is 25.5 Å². The van der Waals surface area contributed by atoms with Gasteiger partial charge in [-0.05, 0) is 38.1 Å². The number of quaternary nitrogens is 2. The summed E-state index contributed by atoms with van der Waals surface area (Å²) in [5.41, 5.74) is 0.471. The fourth-order valence-corrected chi connectivity index (χ4v) is 2.43. The number of nitrogens with one attached hydrogen (secondary N) is 1. The highest BCUT2D eigenvalue weighted by molar-refractivity contribution is 6.30.